The van der Waals surface area contributed by atoms with Crippen molar-refractivity contribution in [3.05, 3.63) is 23.8 Å². The van der Waals surface area contributed by atoms with Crippen molar-refractivity contribution in [1.29, 1.82) is 0 Å². The van der Waals surface area contributed by atoms with Gasteiger partial charge in [-0.25, -0.2) is 0 Å². The molecule has 1 aromatic carbocycles. The Kier molecular flexibility index (Phi) is 5.12. The SMILES string of the molecule is Cc1ccc(NC(=O)CCCCCl)cc1O. The second kappa shape index (κ2) is 6.38. The smallest absolute Gasteiger partial charge is 0.224 e. The number of hydrogen-bond donors (Lipinski definition) is 2. The third kappa shape index (κ3) is 4.11. The molecule has 0 aliphatic heterocycles. The number of carbonyl (C=O) groups excluding carboxylic acids is 1. The van der Waals surface area contributed by atoms with Crippen LogP contribution in [0, 0.1) is 6.92 Å². The third-order valence-electron chi connectivity index (χ3n) is 2.28. The highest BCUT2D eigenvalue weighted by atomic mass is 35.5. The number of benzene rings is 1. The van der Waals surface area contributed by atoms with Crippen molar-refractivity contribution in [3.8, 4) is 5.75 Å². The van der Waals surface area contributed by atoms with E-state index >= 15 is 0 Å². The number of nitrogens with one attached hydrogen (secondary N) is 1. The second-order valence-corrected chi connectivity index (χ2v) is 4.07. The zero-order chi connectivity index (χ0) is 12.0. The van der Waals surface area contributed by atoms with Crippen molar-refractivity contribution in [1.82, 2.24) is 0 Å². The highest BCUT2D eigenvalue weighted by Crippen LogP contribution is 2.20. The summed E-state index contributed by atoms with van der Waals surface area (Å²) in [6, 6.07) is 5.09. The summed E-state index contributed by atoms with van der Waals surface area (Å²) < 4.78 is 0. The van der Waals surface area contributed by atoms with Gasteiger partial charge in [-0.3, -0.25) is 4.79 Å². The van der Waals surface area contributed by atoms with E-state index in [2.05, 4.69) is 5.32 Å². The van der Waals surface area contributed by atoms with E-state index < -0.39 is 0 Å². The van der Waals surface area contributed by atoms with Crippen molar-refractivity contribution in [2.75, 3.05) is 11.2 Å². The van der Waals surface area contributed by atoms with Crippen molar-refractivity contribution >= 4 is 23.2 Å². The Labute approximate surface area is 100 Å². The van der Waals surface area contributed by atoms with E-state index in [0.29, 0.717) is 18.0 Å². The van der Waals surface area contributed by atoms with Gasteiger partial charge in [-0.15, -0.1) is 11.6 Å². The first-order chi connectivity index (χ1) is 7.63. The third-order valence-corrected chi connectivity index (χ3v) is 2.55. The van der Waals surface area contributed by atoms with Crippen LogP contribution >= 0.6 is 11.6 Å². The molecule has 88 valence electrons. The van der Waals surface area contributed by atoms with Crippen molar-refractivity contribution in [2.24, 2.45) is 0 Å². The number of alkyl halides is 1. The summed E-state index contributed by atoms with van der Waals surface area (Å²) in [5, 5.41) is 12.2. The molecule has 0 aliphatic rings. The minimum absolute atomic E-state index is 0.0478. The second-order valence-electron chi connectivity index (χ2n) is 3.70. The van der Waals surface area contributed by atoms with Crippen molar-refractivity contribution in [3.63, 3.8) is 0 Å². The molecule has 0 fully saturated rings. The molecule has 2 N–H and O–H groups in total. The maximum Gasteiger partial charge on any atom is 0.224 e. The first-order valence-electron chi connectivity index (χ1n) is 5.29. The highest BCUT2D eigenvalue weighted by Gasteiger charge is 2.03. The van der Waals surface area contributed by atoms with Gasteiger partial charge < -0.3 is 10.4 Å². The number of aryl methyl sites for hydroxylation is 1. The Balaban J connectivity index is 2.46. The van der Waals surface area contributed by atoms with Gasteiger partial charge in [0.1, 0.15) is 5.75 Å². The fourth-order valence-electron chi connectivity index (χ4n) is 1.29. The van der Waals surface area contributed by atoms with Gasteiger partial charge >= 0.3 is 0 Å². The summed E-state index contributed by atoms with van der Waals surface area (Å²) in [6.45, 7) is 1.81. The molecule has 4 heteroatoms. The van der Waals surface area contributed by atoms with E-state index in [1.54, 1.807) is 25.1 Å². The molecule has 3 nitrogen and oxygen atoms in total. The molecule has 0 unspecified atom stereocenters. The summed E-state index contributed by atoms with van der Waals surface area (Å²) >= 11 is 5.52. The van der Waals surface area contributed by atoms with E-state index in [4.69, 9.17) is 11.6 Å². The molecule has 0 atom stereocenters. The topological polar surface area (TPSA) is 49.3 Å². The first kappa shape index (κ1) is 12.8. The van der Waals surface area contributed by atoms with Crippen LogP contribution in [0.1, 0.15) is 24.8 Å². The Morgan fingerprint density at radius 1 is 1.44 bits per heavy atom. The van der Waals surface area contributed by atoms with Gasteiger partial charge in [0.05, 0.1) is 0 Å². The number of anilines is 1. The van der Waals surface area contributed by atoms with Crippen LogP contribution in [0.2, 0.25) is 0 Å². The molecule has 0 saturated carbocycles. The van der Waals surface area contributed by atoms with Gasteiger partial charge in [0.25, 0.3) is 0 Å². The molecule has 1 rings (SSSR count). The summed E-state index contributed by atoms with van der Waals surface area (Å²) in [5.41, 5.74) is 1.42. The van der Waals surface area contributed by atoms with Crippen molar-refractivity contribution < 1.29 is 9.90 Å². The van der Waals surface area contributed by atoms with Crippen LogP contribution in [0.25, 0.3) is 0 Å². The van der Waals surface area contributed by atoms with Crippen LogP contribution in [0.4, 0.5) is 5.69 Å². The molecule has 0 radical (unpaired) electrons. The molecule has 0 bridgehead atoms. The number of carbonyl (C=O) groups is 1. The largest absolute Gasteiger partial charge is 0.508 e. The van der Waals surface area contributed by atoms with E-state index in [0.717, 1.165) is 18.4 Å². The lowest BCUT2D eigenvalue weighted by Crippen LogP contribution is -2.11. The fraction of sp³-hybridized carbons (Fsp3) is 0.417. The molecule has 0 aliphatic carbocycles. The predicted octanol–water partition coefficient (Wildman–Crippen LogP) is 3.05. The Morgan fingerprint density at radius 2 is 2.19 bits per heavy atom. The van der Waals surface area contributed by atoms with Crippen molar-refractivity contribution in [2.45, 2.75) is 26.2 Å². The zero-order valence-electron chi connectivity index (χ0n) is 9.29. The summed E-state index contributed by atoms with van der Waals surface area (Å²) in [5.74, 6) is 0.727. The molecule has 0 aromatic heterocycles. The van der Waals surface area contributed by atoms with Crippen LogP contribution in [-0.4, -0.2) is 16.9 Å². The normalized spacial score (nSPS) is 10.1. The molecule has 0 saturated heterocycles. The molecular weight excluding hydrogens is 226 g/mol. The van der Waals surface area contributed by atoms with Crippen LogP contribution in [-0.2, 0) is 4.79 Å². The summed E-state index contributed by atoms with van der Waals surface area (Å²) in [6.07, 6.45) is 2.09. The number of phenolic OH excluding ortho intramolecular Hbond substituents is 1. The van der Waals surface area contributed by atoms with E-state index in [9.17, 15) is 9.90 Å². The van der Waals surface area contributed by atoms with Gasteiger partial charge in [0.15, 0.2) is 0 Å². The average molecular weight is 242 g/mol. The monoisotopic (exact) mass is 241 g/mol. The van der Waals surface area contributed by atoms with Gasteiger partial charge in [-0.05, 0) is 31.4 Å². The minimum atomic E-state index is -0.0478. The standard InChI is InChI=1S/C12H16ClNO2/c1-9-5-6-10(8-11(9)15)14-12(16)4-2-3-7-13/h5-6,8,15H,2-4,7H2,1H3,(H,14,16). The first-order valence-corrected chi connectivity index (χ1v) is 5.82. The maximum atomic E-state index is 11.4. The number of unbranched alkanes of at least 4 members (excludes halogenated alkanes) is 1. The van der Waals surface area contributed by atoms with Crippen LogP contribution in [0.15, 0.2) is 18.2 Å². The number of halogens is 1. The van der Waals surface area contributed by atoms with Crippen LogP contribution < -0.4 is 5.32 Å². The summed E-state index contributed by atoms with van der Waals surface area (Å²) in [7, 11) is 0. The van der Waals surface area contributed by atoms with Gasteiger partial charge in [-0.1, -0.05) is 6.07 Å². The van der Waals surface area contributed by atoms with E-state index in [1.165, 1.54) is 0 Å². The molecular formula is C12H16ClNO2. The minimum Gasteiger partial charge on any atom is -0.508 e. The quantitative estimate of drug-likeness (QED) is 0.615. The molecule has 16 heavy (non-hydrogen) atoms. The van der Waals surface area contributed by atoms with Gasteiger partial charge in [0, 0.05) is 24.1 Å². The number of aromatic hydroxyl groups is 1. The molecule has 1 aromatic rings. The molecule has 1 amide bonds. The van der Waals surface area contributed by atoms with Gasteiger partial charge in [-0.2, -0.15) is 0 Å². The lowest BCUT2D eigenvalue weighted by atomic mass is 10.2. The maximum absolute atomic E-state index is 11.4. The number of hydrogen-bond acceptors (Lipinski definition) is 2. The predicted molar refractivity (Wildman–Crippen MR) is 66.0 cm³/mol. The lowest BCUT2D eigenvalue weighted by Gasteiger charge is -2.06. The summed E-state index contributed by atoms with van der Waals surface area (Å²) in [4.78, 5) is 11.4. The van der Waals surface area contributed by atoms with Crippen LogP contribution in [0.5, 0.6) is 5.75 Å². The van der Waals surface area contributed by atoms with Gasteiger partial charge in [0.2, 0.25) is 5.91 Å². The molecule has 0 spiro atoms. The highest BCUT2D eigenvalue weighted by molar-refractivity contribution is 6.17. The Hall–Kier alpha value is -1.22. The number of rotatable bonds is 5. The number of phenols is 1. The lowest BCUT2D eigenvalue weighted by molar-refractivity contribution is -0.116. The van der Waals surface area contributed by atoms with E-state index in [1.807, 2.05) is 0 Å². The Morgan fingerprint density at radius 3 is 2.81 bits per heavy atom. The number of amides is 1. The molecule has 0 heterocycles. The fourth-order valence-corrected chi connectivity index (χ4v) is 1.48. The van der Waals surface area contributed by atoms with E-state index in [-0.39, 0.29) is 11.7 Å². The van der Waals surface area contributed by atoms with Crippen LogP contribution in [0.3, 0.4) is 0 Å². The Bertz CT molecular complexity index is 366. The zero-order valence-corrected chi connectivity index (χ0v) is 10.0. The average Bonchev–Trinajstić information content (AvgIpc) is 2.24.